The number of amides is 2. The summed E-state index contributed by atoms with van der Waals surface area (Å²) >= 11 is 6.11. The number of hydrogen-bond donors (Lipinski definition) is 0. The molecule has 2 amide bonds. The van der Waals surface area contributed by atoms with E-state index >= 15 is 0 Å². The van der Waals surface area contributed by atoms with E-state index in [1.165, 1.54) is 5.56 Å². The highest BCUT2D eigenvalue weighted by Gasteiger charge is 2.35. The van der Waals surface area contributed by atoms with Gasteiger partial charge in [-0.2, -0.15) is 0 Å². The lowest BCUT2D eigenvalue weighted by Crippen LogP contribution is -2.39. The van der Waals surface area contributed by atoms with Crippen LogP contribution >= 0.6 is 11.6 Å². The average molecular weight is 549 g/mol. The summed E-state index contributed by atoms with van der Waals surface area (Å²) in [5.74, 6) is 0.895. The number of carbonyl (C=O) groups excluding carboxylic acids is 2. The summed E-state index contributed by atoms with van der Waals surface area (Å²) in [5.41, 5.74) is 3.42. The molecule has 0 N–H and O–H groups in total. The third-order valence-corrected chi connectivity index (χ3v) is 7.73. The van der Waals surface area contributed by atoms with Gasteiger partial charge in [0.1, 0.15) is 5.76 Å². The van der Waals surface area contributed by atoms with Crippen LogP contribution in [0.15, 0.2) is 59.1 Å². The van der Waals surface area contributed by atoms with Crippen molar-refractivity contribution in [2.45, 2.75) is 58.5 Å². The lowest BCUT2D eigenvalue weighted by atomic mass is 10.1. The van der Waals surface area contributed by atoms with E-state index in [0.29, 0.717) is 25.3 Å². The summed E-state index contributed by atoms with van der Waals surface area (Å²) < 4.78 is 5.43. The number of nitrogens with zero attached hydrogens (tertiary/aromatic N) is 4. The first-order valence-electron chi connectivity index (χ1n) is 14.1. The molecule has 2 aliphatic rings. The maximum atomic E-state index is 13.7. The second kappa shape index (κ2) is 12.8. The highest BCUT2D eigenvalue weighted by Crippen LogP contribution is 2.34. The number of hydrogen-bond acceptors (Lipinski definition) is 5. The molecule has 7 nitrogen and oxygen atoms in total. The van der Waals surface area contributed by atoms with Gasteiger partial charge in [0.2, 0.25) is 5.91 Å². The van der Waals surface area contributed by atoms with Gasteiger partial charge < -0.3 is 14.3 Å². The maximum absolute atomic E-state index is 13.7. The van der Waals surface area contributed by atoms with E-state index in [1.54, 1.807) is 6.07 Å². The molecule has 0 spiro atoms. The summed E-state index contributed by atoms with van der Waals surface area (Å²) in [6.07, 6.45) is 5.29. The maximum Gasteiger partial charge on any atom is 0.276 e. The Morgan fingerprint density at radius 1 is 1.00 bits per heavy atom. The van der Waals surface area contributed by atoms with Crippen molar-refractivity contribution in [3.05, 3.63) is 82.2 Å². The quantitative estimate of drug-likeness (QED) is 0.380. The van der Waals surface area contributed by atoms with Gasteiger partial charge in [-0.05, 0) is 61.4 Å². The number of benzene rings is 2. The Morgan fingerprint density at radius 2 is 1.74 bits per heavy atom. The van der Waals surface area contributed by atoms with Crippen molar-refractivity contribution in [2.75, 3.05) is 31.1 Å². The molecule has 1 aromatic heterocycles. The van der Waals surface area contributed by atoms with E-state index in [0.717, 1.165) is 80.2 Å². The second-order valence-corrected chi connectivity index (χ2v) is 11.1. The molecule has 206 valence electrons. The van der Waals surface area contributed by atoms with Crippen LogP contribution in [0.3, 0.4) is 0 Å². The number of anilines is 1. The Bertz CT molecular complexity index is 1270. The van der Waals surface area contributed by atoms with Crippen LogP contribution < -0.4 is 4.90 Å². The third kappa shape index (κ3) is 7.08. The summed E-state index contributed by atoms with van der Waals surface area (Å²) in [5, 5.41) is 4.82. The molecule has 0 bridgehead atoms. The number of aromatic nitrogens is 1. The van der Waals surface area contributed by atoms with Crippen molar-refractivity contribution in [3.8, 4) is 0 Å². The summed E-state index contributed by atoms with van der Waals surface area (Å²) in [6, 6.07) is 17.7. The number of aryl methyl sites for hydroxylation is 1. The molecule has 1 aliphatic carbocycles. The van der Waals surface area contributed by atoms with E-state index in [9.17, 15) is 9.59 Å². The molecule has 3 aromatic rings. The highest BCUT2D eigenvalue weighted by atomic mass is 35.5. The van der Waals surface area contributed by atoms with Crippen LogP contribution in [0, 0.1) is 5.92 Å². The van der Waals surface area contributed by atoms with Crippen molar-refractivity contribution in [1.29, 1.82) is 0 Å². The molecular formula is C31H37ClN4O3. The number of fused-ring (bicyclic) bond motifs is 1. The zero-order valence-corrected chi connectivity index (χ0v) is 23.4. The Hall–Kier alpha value is -3.16. The van der Waals surface area contributed by atoms with Gasteiger partial charge in [-0.25, -0.2) is 0 Å². The van der Waals surface area contributed by atoms with E-state index in [2.05, 4.69) is 29.1 Å². The first-order valence-corrected chi connectivity index (χ1v) is 14.5. The minimum absolute atomic E-state index is 0.112. The van der Waals surface area contributed by atoms with Crippen molar-refractivity contribution in [2.24, 2.45) is 5.92 Å². The largest absolute Gasteiger partial charge is 0.361 e. The topological polar surface area (TPSA) is 69.9 Å². The summed E-state index contributed by atoms with van der Waals surface area (Å²) in [4.78, 5) is 33.4. The summed E-state index contributed by atoms with van der Waals surface area (Å²) in [6.45, 7) is 6.21. The van der Waals surface area contributed by atoms with Crippen LogP contribution in [0.1, 0.15) is 66.4 Å². The van der Waals surface area contributed by atoms with Crippen LogP contribution in [0.25, 0.3) is 0 Å². The molecular weight excluding hydrogens is 512 g/mol. The third-order valence-electron chi connectivity index (χ3n) is 7.48. The number of rotatable bonds is 6. The monoisotopic (exact) mass is 548 g/mol. The van der Waals surface area contributed by atoms with Gasteiger partial charge in [-0.15, -0.1) is 0 Å². The number of carbonyl (C=O) groups is 2. The zero-order chi connectivity index (χ0) is 27.2. The van der Waals surface area contributed by atoms with Gasteiger partial charge in [0.25, 0.3) is 5.91 Å². The highest BCUT2D eigenvalue weighted by molar-refractivity contribution is 6.30. The fourth-order valence-corrected chi connectivity index (χ4v) is 5.39. The van der Waals surface area contributed by atoms with E-state index in [1.807, 2.05) is 46.2 Å². The smallest absolute Gasteiger partial charge is 0.276 e. The van der Waals surface area contributed by atoms with Crippen LogP contribution in [0.4, 0.5) is 5.69 Å². The standard InChI is InChI=1S/C31H37ClN4O3/c1-2-7-27-20-28(33-39-27)31(38)35-18-5-16-34(21-23-10-14-26(32)15-11-23)17-6-19-36(30(37)24-12-13-24)29-9-4-3-8-25(29)22-35/h3-4,8-11,14-15,20,24H,2,5-7,12-13,16-19,21-22H2,1H3. The van der Waals surface area contributed by atoms with Crippen molar-refractivity contribution >= 4 is 29.1 Å². The summed E-state index contributed by atoms with van der Waals surface area (Å²) in [7, 11) is 0. The van der Waals surface area contributed by atoms with Crippen LogP contribution in [0.2, 0.25) is 5.02 Å². The first kappa shape index (κ1) is 27.4. The number of halogens is 1. The fraction of sp³-hybridized carbons (Fsp3) is 0.452. The van der Waals surface area contributed by atoms with Crippen LogP contribution in [-0.2, 0) is 24.3 Å². The molecule has 39 heavy (non-hydrogen) atoms. The molecule has 2 heterocycles. The van der Waals surface area contributed by atoms with Crippen molar-refractivity contribution in [3.63, 3.8) is 0 Å². The minimum atomic E-state index is -0.141. The van der Waals surface area contributed by atoms with Gasteiger partial charge in [-0.3, -0.25) is 14.5 Å². The van der Waals surface area contributed by atoms with E-state index in [-0.39, 0.29) is 17.7 Å². The lowest BCUT2D eigenvalue weighted by Gasteiger charge is -2.31. The zero-order valence-electron chi connectivity index (χ0n) is 22.7. The van der Waals surface area contributed by atoms with Gasteiger partial charge in [0.15, 0.2) is 5.69 Å². The molecule has 0 saturated heterocycles. The molecule has 2 aromatic carbocycles. The van der Waals surface area contributed by atoms with Gasteiger partial charge in [-0.1, -0.05) is 54.0 Å². The average Bonchev–Trinajstić information content (AvgIpc) is 3.69. The lowest BCUT2D eigenvalue weighted by molar-refractivity contribution is -0.119. The Kier molecular flexibility index (Phi) is 8.99. The molecule has 0 unspecified atom stereocenters. The SMILES string of the molecule is CCCc1cc(C(=O)N2CCCN(Cc3ccc(Cl)cc3)CCCN(C(=O)C3CC3)c3ccccc3C2)no1. The second-order valence-electron chi connectivity index (χ2n) is 10.7. The molecule has 8 heteroatoms. The van der Waals surface area contributed by atoms with Gasteiger partial charge in [0, 0.05) is 68.4 Å². The first-order chi connectivity index (χ1) is 19.0. The fourth-order valence-electron chi connectivity index (χ4n) is 5.26. The predicted octanol–water partition coefficient (Wildman–Crippen LogP) is 5.96. The molecule has 1 saturated carbocycles. The van der Waals surface area contributed by atoms with E-state index in [4.69, 9.17) is 16.1 Å². The van der Waals surface area contributed by atoms with Crippen molar-refractivity contribution < 1.29 is 14.1 Å². The molecule has 0 atom stereocenters. The Balaban J connectivity index is 1.42. The van der Waals surface area contributed by atoms with Crippen LogP contribution in [-0.4, -0.2) is 52.9 Å². The molecule has 0 radical (unpaired) electrons. The molecule has 1 aliphatic heterocycles. The minimum Gasteiger partial charge on any atom is -0.361 e. The molecule has 5 rings (SSSR count). The number of para-hydroxylation sites is 1. The van der Waals surface area contributed by atoms with Crippen LogP contribution in [0.5, 0.6) is 0 Å². The van der Waals surface area contributed by atoms with Crippen molar-refractivity contribution in [1.82, 2.24) is 15.0 Å². The Labute approximate surface area is 235 Å². The van der Waals surface area contributed by atoms with E-state index < -0.39 is 0 Å². The van der Waals surface area contributed by atoms with Gasteiger partial charge >= 0.3 is 0 Å². The normalized spacial score (nSPS) is 17.3. The molecule has 1 fully saturated rings. The Morgan fingerprint density at radius 3 is 2.49 bits per heavy atom. The van der Waals surface area contributed by atoms with Gasteiger partial charge in [0.05, 0.1) is 0 Å². The predicted molar refractivity (Wildman–Crippen MR) is 153 cm³/mol.